The molecule has 0 unspecified atom stereocenters. The van der Waals surface area contributed by atoms with Gasteiger partial charge in [-0.25, -0.2) is 4.85 Å². The molecule has 11 aromatic rings. The summed E-state index contributed by atoms with van der Waals surface area (Å²) in [5.41, 5.74) is 12.2. The first-order valence-corrected chi connectivity index (χ1v) is 18.7. The summed E-state index contributed by atoms with van der Waals surface area (Å²) in [7, 11) is 0. The van der Waals surface area contributed by atoms with Gasteiger partial charge in [0.25, 0.3) is 0 Å². The third-order valence-corrected chi connectivity index (χ3v) is 11.3. The lowest BCUT2D eigenvalue weighted by Crippen LogP contribution is -1.98. The van der Waals surface area contributed by atoms with Crippen molar-refractivity contribution in [2.75, 3.05) is 0 Å². The molecule has 0 bridgehead atoms. The summed E-state index contributed by atoms with van der Waals surface area (Å²) in [5, 5.41) is 19.2. The summed E-state index contributed by atoms with van der Waals surface area (Å²) >= 11 is 0. The van der Waals surface area contributed by atoms with Gasteiger partial charge in [-0.3, -0.25) is 0 Å². The summed E-state index contributed by atoms with van der Waals surface area (Å²) < 4.78 is 4.66. The molecule has 4 heteroatoms. The van der Waals surface area contributed by atoms with Gasteiger partial charge < -0.3 is 9.13 Å². The van der Waals surface area contributed by atoms with Gasteiger partial charge in [-0.1, -0.05) is 140 Å². The Morgan fingerprint density at radius 3 is 1.30 bits per heavy atom. The molecule has 9 aromatic carbocycles. The molecule has 0 spiro atoms. The number of rotatable bonds is 4. The molecule has 0 saturated carbocycles. The van der Waals surface area contributed by atoms with E-state index in [0.717, 1.165) is 76.9 Å². The number of para-hydroxylation sites is 4. The van der Waals surface area contributed by atoms with E-state index in [1.165, 1.54) is 21.9 Å². The molecule has 0 aliphatic carbocycles. The number of hydrogen-bond acceptors (Lipinski definition) is 1. The Labute approximate surface area is 322 Å². The maximum absolute atomic E-state index is 9.92. The number of nitrogens with zero attached hydrogens (tertiary/aromatic N) is 4. The average Bonchev–Trinajstić information content (AvgIpc) is 3.79. The van der Waals surface area contributed by atoms with Crippen molar-refractivity contribution in [2.45, 2.75) is 0 Å². The van der Waals surface area contributed by atoms with Crippen LogP contribution in [-0.2, 0) is 0 Å². The molecule has 0 amide bonds. The zero-order chi connectivity index (χ0) is 37.3. The Morgan fingerprint density at radius 1 is 0.411 bits per heavy atom. The van der Waals surface area contributed by atoms with Crippen LogP contribution < -0.4 is 0 Å². The molecule has 0 atom stereocenters. The third kappa shape index (κ3) is 4.51. The summed E-state index contributed by atoms with van der Waals surface area (Å²) in [6.45, 7) is 7.80. The van der Waals surface area contributed by atoms with Gasteiger partial charge in [0.2, 0.25) is 0 Å². The second-order valence-electron chi connectivity index (χ2n) is 14.2. The number of benzene rings is 9. The molecule has 0 radical (unpaired) electrons. The highest BCUT2D eigenvalue weighted by Crippen LogP contribution is 2.49. The first-order valence-electron chi connectivity index (χ1n) is 18.7. The first kappa shape index (κ1) is 31.6. The largest absolute Gasteiger partial charge is 0.310 e. The van der Waals surface area contributed by atoms with Crippen molar-refractivity contribution in [3.05, 3.63) is 199 Å². The van der Waals surface area contributed by atoms with Crippen LogP contribution in [0.15, 0.2) is 182 Å². The third-order valence-electron chi connectivity index (χ3n) is 11.3. The van der Waals surface area contributed by atoms with E-state index < -0.39 is 0 Å². The van der Waals surface area contributed by atoms with E-state index in [1.807, 2.05) is 36.4 Å². The standard InChI is InChI=1S/C52H30N4/c1-54-34-15-11-17-36(31-34)56-48-29-9-7-19-38(48)44-25-13-27-46(52(44)56)50-41-22-4-2-20-39(41)49(40-21-3-5-23-42(40)50)45-26-12-24-43-37-18-6-8-28-47(37)55(51(43)45)35-16-10-14-33(30-35)32-53/h2-31H. The van der Waals surface area contributed by atoms with Crippen LogP contribution in [0.3, 0.4) is 0 Å². The molecule has 2 heterocycles. The molecule has 0 aliphatic heterocycles. The lowest BCUT2D eigenvalue weighted by molar-refractivity contribution is 1.18. The molecule has 0 N–H and O–H groups in total. The number of fused-ring (bicyclic) bond motifs is 8. The van der Waals surface area contributed by atoms with Crippen LogP contribution >= 0.6 is 0 Å². The minimum absolute atomic E-state index is 0.608. The van der Waals surface area contributed by atoms with Crippen molar-refractivity contribution >= 4 is 70.8 Å². The predicted octanol–water partition coefficient (Wildman–Crippen LogP) is 13.9. The lowest BCUT2D eigenvalue weighted by atomic mass is 9.85. The molecule has 56 heavy (non-hydrogen) atoms. The fraction of sp³-hybridized carbons (Fsp3) is 0. The normalized spacial score (nSPS) is 11.5. The van der Waals surface area contributed by atoms with Crippen molar-refractivity contribution in [3.63, 3.8) is 0 Å². The van der Waals surface area contributed by atoms with Crippen LogP contribution in [0.25, 0.3) is 104 Å². The molecule has 0 fully saturated rings. The first-order chi connectivity index (χ1) is 27.7. The van der Waals surface area contributed by atoms with E-state index in [2.05, 4.69) is 166 Å². The molecule has 2 aromatic heterocycles. The van der Waals surface area contributed by atoms with Crippen molar-refractivity contribution < 1.29 is 0 Å². The van der Waals surface area contributed by atoms with E-state index in [0.29, 0.717) is 11.3 Å². The smallest absolute Gasteiger partial charge is 0.189 e. The average molecular weight is 711 g/mol. The van der Waals surface area contributed by atoms with Gasteiger partial charge in [-0.2, -0.15) is 5.26 Å². The topological polar surface area (TPSA) is 38.0 Å². The van der Waals surface area contributed by atoms with Gasteiger partial charge in [0, 0.05) is 44.0 Å². The fourth-order valence-electron chi connectivity index (χ4n) is 9.10. The quantitative estimate of drug-likeness (QED) is 0.132. The van der Waals surface area contributed by atoms with E-state index in [4.69, 9.17) is 6.57 Å². The van der Waals surface area contributed by atoms with Gasteiger partial charge in [-0.15, -0.1) is 0 Å². The van der Waals surface area contributed by atoms with E-state index in [-0.39, 0.29) is 0 Å². The number of aromatic nitrogens is 2. The van der Waals surface area contributed by atoms with Crippen LogP contribution in [0.4, 0.5) is 5.69 Å². The minimum Gasteiger partial charge on any atom is -0.310 e. The summed E-state index contributed by atoms with van der Waals surface area (Å²) in [4.78, 5) is 3.79. The van der Waals surface area contributed by atoms with Crippen LogP contribution in [0.5, 0.6) is 0 Å². The van der Waals surface area contributed by atoms with Gasteiger partial charge in [0.05, 0.1) is 40.3 Å². The van der Waals surface area contributed by atoms with E-state index >= 15 is 0 Å². The Morgan fingerprint density at radius 2 is 0.821 bits per heavy atom. The Balaban J connectivity index is 1.30. The zero-order valence-corrected chi connectivity index (χ0v) is 30.1. The Bertz CT molecular complexity index is 3220. The van der Waals surface area contributed by atoms with Crippen molar-refractivity contribution in [1.29, 1.82) is 5.26 Å². The molecule has 258 valence electrons. The summed E-state index contributed by atoms with van der Waals surface area (Å²) in [6, 6.07) is 66.2. The number of hydrogen-bond donors (Lipinski definition) is 0. The summed E-state index contributed by atoms with van der Waals surface area (Å²) in [6.07, 6.45) is 0. The maximum atomic E-state index is 9.92. The van der Waals surface area contributed by atoms with Crippen molar-refractivity contribution in [1.82, 2.24) is 9.13 Å². The minimum atomic E-state index is 0.608. The van der Waals surface area contributed by atoms with Crippen LogP contribution in [0.1, 0.15) is 5.56 Å². The second-order valence-corrected chi connectivity index (χ2v) is 14.2. The van der Waals surface area contributed by atoms with Crippen LogP contribution in [-0.4, -0.2) is 9.13 Å². The Hall–Kier alpha value is -7.92. The molecular weight excluding hydrogens is 681 g/mol. The SMILES string of the molecule is [C-]#[N+]c1cccc(-n2c3ccccc3c3cccc(-c4c5ccccc5c(-c5cccc6c7ccccc7n(-c7cccc(C#N)c7)c56)c5ccccc45)c32)c1. The van der Waals surface area contributed by atoms with Crippen molar-refractivity contribution in [3.8, 4) is 39.7 Å². The monoisotopic (exact) mass is 710 g/mol. The maximum Gasteiger partial charge on any atom is 0.189 e. The predicted molar refractivity (Wildman–Crippen MR) is 232 cm³/mol. The molecule has 0 aliphatic rings. The molecule has 4 nitrogen and oxygen atoms in total. The van der Waals surface area contributed by atoms with Gasteiger partial charge in [0.1, 0.15) is 0 Å². The highest BCUT2D eigenvalue weighted by molar-refractivity contribution is 6.27. The number of nitriles is 1. The van der Waals surface area contributed by atoms with Crippen molar-refractivity contribution in [2.24, 2.45) is 0 Å². The van der Waals surface area contributed by atoms with Gasteiger partial charge in [0.15, 0.2) is 5.69 Å². The molecular formula is C52H30N4. The van der Waals surface area contributed by atoms with Gasteiger partial charge in [-0.05, 0) is 75.1 Å². The Kier molecular flexibility index (Phi) is 6.95. The van der Waals surface area contributed by atoms with Crippen LogP contribution in [0, 0.1) is 17.9 Å². The van der Waals surface area contributed by atoms with Crippen LogP contribution in [0.2, 0.25) is 0 Å². The second kappa shape index (κ2) is 12.3. The highest BCUT2D eigenvalue weighted by atomic mass is 15.0. The highest BCUT2D eigenvalue weighted by Gasteiger charge is 2.24. The fourth-order valence-corrected chi connectivity index (χ4v) is 9.10. The van der Waals surface area contributed by atoms with E-state index in [9.17, 15) is 5.26 Å². The summed E-state index contributed by atoms with van der Waals surface area (Å²) in [5.74, 6) is 0. The van der Waals surface area contributed by atoms with E-state index in [1.54, 1.807) is 0 Å². The molecule has 0 saturated heterocycles. The zero-order valence-electron chi connectivity index (χ0n) is 30.1. The molecule has 11 rings (SSSR count). The van der Waals surface area contributed by atoms with Gasteiger partial charge >= 0.3 is 0 Å². The lowest BCUT2D eigenvalue weighted by Gasteiger charge is -2.20.